The molecule has 2 atom stereocenters. The molecule has 7 nitrogen and oxygen atoms in total. The first-order valence-corrected chi connectivity index (χ1v) is 9.33. The fourth-order valence-corrected chi connectivity index (χ4v) is 4.31. The maximum atomic E-state index is 11.8. The molecular weight excluding hydrogens is 304 g/mol. The van der Waals surface area contributed by atoms with Crippen molar-refractivity contribution in [1.82, 2.24) is 20.4 Å². The van der Waals surface area contributed by atoms with E-state index in [4.69, 9.17) is 0 Å². The Morgan fingerprint density at radius 3 is 2.77 bits per heavy atom. The van der Waals surface area contributed by atoms with E-state index in [-0.39, 0.29) is 29.5 Å². The van der Waals surface area contributed by atoms with Crippen molar-refractivity contribution in [3.05, 3.63) is 17.5 Å². The van der Waals surface area contributed by atoms with Crippen LogP contribution in [-0.2, 0) is 16.4 Å². The van der Waals surface area contributed by atoms with Gasteiger partial charge in [-0.15, -0.1) is 0 Å². The predicted molar refractivity (Wildman–Crippen MR) is 84.5 cm³/mol. The van der Waals surface area contributed by atoms with Gasteiger partial charge in [-0.25, -0.2) is 13.2 Å². The SMILES string of the molecule is Cc1cc(C)n(C[C@H](C)CNC(=O)N[C@@H]2CCS(=O)(=O)C2)n1. The Labute approximate surface area is 131 Å². The Kier molecular flexibility index (Phi) is 5.10. The number of rotatable bonds is 5. The molecule has 0 spiro atoms. The summed E-state index contributed by atoms with van der Waals surface area (Å²) in [4.78, 5) is 11.8. The monoisotopic (exact) mass is 328 g/mol. The summed E-state index contributed by atoms with van der Waals surface area (Å²) in [6.07, 6.45) is 0.497. The zero-order chi connectivity index (χ0) is 16.3. The summed E-state index contributed by atoms with van der Waals surface area (Å²) in [5.41, 5.74) is 2.09. The first-order chi connectivity index (χ1) is 10.2. The number of aromatic nitrogens is 2. The van der Waals surface area contributed by atoms with E-state index in [1.165, 1.54) is 0 Å². The maximum Gasteiger partial charge on any atom is 0.315 e. The smallest absolute Gasteiger partial charge is 0.315 e. The molecule has 1 aromatic rings. The van der Waals surface area contributed by atoms with Crippen molar-refractivity contribution in [2.24, 2.45) is 5.92 Å². The average Bonchev–Trinajstić information content (AvgIpc) is 2.89. The van der Waals surface area contributed by atoms with Gasteiger partial charge in [-0.1, -0.05) is 6.92 Å². The molecule has 0 unspecified atom stereocenters. The number of nitrogens with one attached hydrogen (secondary N) is 2. The van der Waals surface area contributed by atoms with Crippen LogP contribution in [0, 0.1) is 19.8 Å². The van der Waals surface area contributed by atoms with Gasteiger partial charge in [0.2, 0.25) is 0 Å². The van der Waals surface area contributed by atoms with E-state index in [1.54, 1.807) is 0 Å². The van der Waals surface area contributed by atoms with E-state index in [0.717, 1.165) is 17.9 Å². The summed E-state index contributed by atoms with van der Waals surface area (Å²) in [6, 6.07) is 1.45. The first kappa shape index (κ1) is 16.8. The van der Waals surface area contributed by atoms with Crippen LogP contribution in [-0.4, -0.2) is 48.3 Å². The van der Waals surface area contributed by atoms with Crippen LogP contribution in [0.25, 0.3) is 0 Å². The highest BCUT2D eigenvalue weighted by atomic mass is 32.2. The zero-order valence-electron chi connectivity index (χ0n) is 13.3. The largest absolute Gasteiger partial charge is 0.338 e. The highest BCUT2D eigenvalue weighted by Crippen LogP contribution is 2.11. The molecule has 0 aromatic carbocycles. The second-order valence-corrected chi connectivity index (χ2v) is 8.40. The first-order valence-electron chi connectivity index (χ1n) is 7.51. The second kappa shape index (κ2) is 6.68. The summed E-state index contributed by atoms with van der Waals surface area (Å²) in [7, 11) is -2.97. The summed E-state index contributed by atoms with van der Waals surface area (Å²) in [5.74, 6) is 0.435. The molecule has 22 heavy (non-hydrogen) atoms. The van der Waals surface area contributed by atoms with Crippen LogP contribution in [0.3, 0.4) is 0 Å². The van der Waals surface area contributed by atoms with Crippen LogP contribution in [0.5, 0.6) is 0 Å². The molecule has 124 valence electrons. The molecule has 2 N–H and O–H groups in total. The lowest BCUT2D eigenvalue weighted by molar-refractivity contribution is 0.235. The third-order valence-corrected chi connectivity index (χ3v) is 5.53. The average molecular weight is 328 g/mol. The van der Waals surface area contributed by atoms with Gasteiger partial charge in [0.1, 0.15) is 0 Å². The minimum Gasteiger partial charge on any atom is -0.338 e. The molecule has 0 aliphatic carbocycles. The van der Waals surface area contributed by atoms with Crippen LogP contribution in [0.15, 0.2) is 6.07 Å². The van der Waals surface area contributed by atoms with Crippen molar-refractivity contribution < 1.29 is 13.2 Å². The van der Waals surface area contributed by atoms with Gasteiger partial charge in [-0.05, 0) is 32.3 Å². The van der Waals surface area contributed by atoms with Crippen molar-refractivity contribution in [2.75, 3.05) is 18.1 Å². The van der Waals surface area contributed by atoms with Crippen LogP contribution in [0.1, 0.15) is 24.7 Å². The third kappa shape index (κ3) is 4.72. The highest BCUT2D eigenvalue weighted by Gasteiger charge is 2.28. The standard InChI is InChI=1S/C14H24N4O3S/c1-10(8-18-12(3)6-11(2)17-18)7-15-14(19)16-13-4-5-22(20,21)9-13/h6,10,13H,4-5,7-9H2,1-3H3,(H2,15,16,19)/t10-,13-/m1/s1. The lowest BCUT2D eigenvalue weighted by Gasteiger charge is -2.16. The maximum absolute atomic E-state index is 11.8. The molecule has 1 saturated heterocycles. The van der Waals surface area contributed by atoms with Gasteiger partial charge >= 0.3 is 6.03 Å². The molecule has 1 aliphatic rings. The van der Waals surface area contributed by atoms with E-state index in [9.17, 15) is 13.2 Å². The predicted octanol–water partition coefficient (Wildman–Crippen LogP) is 0.622. The van der Waals surface area contributed by atoms with Crippen molar-refractivity contribution in [3.8, 4) is 0 Å². The minimum absolute atomic E-state index is 0.0434. The fourth-order valence-electron chi connectivity index (χ4n) is 2.63. The number of hydrogen-bond acceptors (Lipinski definition) is 4. The Balaban J connectivity index is 1.73. The molecule has 0 bridgehead atoms. The molecule has 2 rings (SSSR count). The summed E-state index contributed by atoms with van der Waals surface area (Å²) in [6.45, 7) is 7.25. The summed E-state index contributed by atoms with van der Waals surface area (Å²) < 4.78 is 24.6. The Morgan fingerprint density at radius 1 is 1.50 bits per heavy atom. The van der Waals surface area contributed by atoms with Crippen LogP contribution in [0.4, 0.5) is 4.79 Å². The summed E-state index contributed by atoms with van der Waals surface area (Å²) >= 11 is 0. The topological polar surface area (TPSA) is 93.1 Å². The number of hydrogen-bond donors (Lipinski definition) is 2. The van der Waals surface area contributed by atoms with E-state index < -0.39 is 9.84 Å². The van der Waals surface area contributed by atoms with Crippen molar-refractivity contribution >= 4 is 15.9 Å². The molecule has 2 amide bonds. The van der Waals surface area contributed by atoms with Gasteiger partial charge in [0, 0.05) is 24.8 Å². The second-order valence-electron chi connectivity index (χ2n) is 6.17. The molecule has 0 saturated carbocycles. The Morgan fingerprint density at radius 2 is 2.23 bits per heavy atom. The molecule has 2 heterocycles. The normalized spacial score (nSPS) is 21.5. The van der Waals surface area contributed by atoms with Gasteiger partial charge in [0.05, 0.1) is 17.2 Å². The molecule has 1 fully saturated rings. The van der Waals surface area contributed by atoms with Crippen LogP contribution < -0.4 is 10.6 Å². The van der Waals surface area contributed by atoms with Crippen LogP contribution >= 0.6 is 0 Å². The van der Waals surface area contributed by atoms with Gasteiger partial charge in [-0.3, -0.25) is 4.68 Å². The number of amides is 2. The minimum atomic E-state index is -2.97. The number of carbonyl (C=O) groups is 1. The van der Waals surface area contributed by atoms with E-state index in [0.29, 0.717) is 13.0 Å². The Hall–Kier alpha value is -1.57. The quantitative estimate of drug-likeness (QED) is 0.829. The van der Waals surface area contributed by atoms with E-state index in [2.05, 4.69) is 15.7 Å². The molecule has 1 aliphatic heterocycles. The van der Waals surface area contributed by atoms with Crippen LogP contribution in [0.2, 0.25) is 0 Å². The number of nitrogens with zero attached hydrogens (tertiary/aromatic N) is 2. The number of carbonyl (C=O) groups excluding carboxylic acids is 1. The van der Waals surface area contributed by atoms with Crippen molar-refractivity contribution in [3.63, 3.8) is 0 Å². The molecular formula is C14H24N4O3S. The van der Waals surface area contributed by atoms with Gasteiger partial charge < -0.3 is 10.6 Å². The molecule has 8 heteroatoms. The lowest BCUT2D eigenvalue weighted by atomic mass is 10.2. The number of aryl methyl sites for hydroxylation is 2. The van der Waals surface area contributed by atoms with Crippen molar-refractivity contribution in [1.29, 1.82) is 0 Å². The zero-order valence-corrected chi connectivity index (χ0v) is 14.1. The van der Waals surface area contributed by atoms with Crippen molar-refractivity contribution in [2.45, 2.75) is 39.8 Å². The van der Waals surface area contributed by atoms with Gasteiger partial charge in [0.15, 0.2) is 9.84 Å². The summed E-state index contributed by atoms with van der Waals surface area (Å²) in [5, 5.41) is 9.91. The molecule has 1 aromatic heterocycles. The van der Waals surface area contributed by atoms with E-state index >= 15 is 0 Å². The highest BCUT2D eigenvalue weighted by molar-refractivity contribution is 7.91. The lowest BCUT2D eigenvalue weighted by Crippen LogP contribution is -2.44. The number of sulfone groups is 1. The fraction of sp³-hybridized carbons (Fsp3) is 0.714. The third-order valence-electron chi connectivity index (χ3n) is 3.77. The van der Waals surface area contributed by atoms with E-state index in [1.807, 2.05) is 31.5 Å². The number of urea groups is 1. The Bertz CT molecular complexity index is 639. The van der Waals surface area contributed by atoms with Gasteiger partial charge in [-0.2, -0.15) is 5.10 Å². The molecule has 0 radical (unpaired) electrons. The van der Waals surface area contributed by atoms with Gasteiger partial charge in [0.25, 0.3) is 0 Å².